The number of amides is 2. The molecule has 2 aromatic carbocycles. The monoisotopic (exact) mass is 388 g/mol. The normalized spacial score (nSPS) is 15.4. The molecule has 2 unspecified atom stereocenters. The van der Waals surface area contributed by atoms with E-state index in [1.54, 1.807) is 6.07 Å². The van der Waals surface area contributed by atoms with E-state index in [1.807, 2.05) is 42.5 Å². The molecule has 1 aromatic heterocycles. The molecule has 3 aromatic rings. The van der Waals surface area contributed by atoms with Gasteiger partial charge in [0.1, 0.15) is 12.4 Å². The van der Waals surface area contributed by atoms with E-state index in [4.69, 9.17) is 0 Å². The van der Waals surface area contributed by atoms with Crippen molar-refractivity contribution in [3.8, 4) is 0 Å². The molecule has 2 heterocycles. The first-order valence-electron chi connectivity index (χ1n) is 9.83. The smallest absolute Gasteiger partial charge is 0.259 e. The van der Waals surface area contributed by atoms with Crippen molar-refractivity contribution in [2.24, 2.45) is 5.92 Å². The molecule has 0 saturated heterocycles. The Morgan fingerprint density at radius 2 is 1.86 bits per heavy atom. The number of hydrogen-bond acceptors (Lipinski definition) is 3. The van der Waals surface area contributed by atoms with Crippen LogP contribution < -0.4 is 5.32 Å². The first-order chi connectivity index (χ1) is 14.0. The summed E-state index contributed by atoms with van der Waals surface area (Å²) in [6.45, 7) is 8.09. The fraction of sp³-hybridized carbons (Fsp3) is 0.261. The van der Waals surface area contributed by atoms with Gasteiger partial charge in [0.2, 0.25) is 5.91 Å². The van der Waals surface area contributed by atoms with Crippen molar-refractivity contribution in [1.29, 1.82) is 0 Å². The topological polar surface area (TPSA) is 78.1 Å². The van der Waals surface area contributed by atoms with Crippen molar-refractivity contribution < 1.29 is 9.59 Å². The molecule has 4 rings (SSSR count). The Balaban J connectivity index is 1.53. The van der Waals surface area contributed by atoms with Crippen LogP contribution in [0.1, 0.15) is 48.1 Å². The lowest BCUT2D eigenvalue weighted by Crippen LogP contribution is -2.40. The number of imidazole rings is 1. The van der Waals surface area contributed by atoms with Crippen LogP contribution in [0.2, 0.25) is 0 Å². The molecule has 0 saturated carbocycles. The zero-order valence-corrected chi connectivity index (χ0v) is 16.6. The standard InChI is InChI=1S/C23H24N4O2/c1-4-14(2)21(22-24-18-11-7-8-12-19(18)25-22)26-20(28)13-27-15(3)16-9-5-6-10-17(16)23(27)29/h5-12,14,21H,3-4,13H2,1-2H3,(H,24,25)(H,26,28). The summed E-state index contributed by atoms with van der Waals surface area (Å²) >= 11 is 0. The number of aromatic amines is 1. The number of fused-ring (bicyclic) bond motifs is 2. The Morgan fingerprint density at radius 3 is 2.55 bits per heavy atom. The zero-order chi connectivity index (χ0) is 20.5. The lowest BCUT2D eigenvalue weighted by atomic mass is 9.98. The number of carbonyl (C=O) groups is 2. The predicted molar refractivity (Wildman–Crippen MR) is 113 cm³/mol. The predicted octanol–water partition coefficient (Wildman–Crippen LogP) is 3.89. The van der Waals surface area contributed by atoms with E-state index >= 15 is 0 Å². The summed E-state index contributed by atoms with van der Waals surface area (Å²) in [6.07, 6.45) is 0.878. The van der Waals surface area contributed by atoms with Gasteiger partial charge in [-0.25, -0.2) is 4.98 Å². The molecule has 148 valence electrons. The van der Waals surface area contributed by atoms with E-state index < -0.39 is 0 Å². The second kappa shape index (κ2) is 7.54. The summed E-state index contributed by atoms with van der Waals surface area (Å²) < 4.78 is 0. The average molecular weight is 388 g/mol. The Labute approximate surface area is 169 Å². The highest BCUT2D eigenvalue weighted by molar-refractivity contribution is 6.10. The number of aromatic nitrogens is 2. The number of benzene rings is 2. The van der Waals surface area contributed by atoms with Crippen molar-refractivity contribution in [3.63, 3.8) is 0 Å². The highest BCUT2D eigenvalue weighted by Gasteiger charge is 2.33. The number of hydrogen-bond donors (Lipinski definition) is 2. The molecule has 1 aliphatic rings. The van der Waals surface area contributed by atoms with Gasteiger partial charge in [-0.1, -0.05) is 57.2 Å². The maximum atomic E-state index is 12.9. The Bertz CT molecular complexity index is 1030. The molecule has 0 spiro atoms. The minimum absolute atomic E-state index is 0.0699. The molecule has 2 amide bonds. The van der Waals surface area contributed by atoms with Gasteiger partial charge < -0.3 is 10.3 Å². The summed E-state index contributed by atoms with van der Waals surface area (Å²) in [5.74, 6) is 0.473. The fourth-order valence-corrected chi connectivity index (χ4v) is 3.70. The van der Waals surface area contributed by atoms with E-state index in [0.717, 1.165) is 28.8 Å². The van der Waals surface area contributed by atoms with Crippen molar-refractivity contribution in [2.75, 3.05) is 6.54 Å². The van der Waals surface area contributed by atoms with Gasteiger partial charge in [0, 0.05) is 16.8 Å². The SMILES string of the molecule is C=C1c2ccccc2C(=O)N1CC(=O)NC(c1nc2ccccc2[nH]1)C(C)CC. The van der Waals surface area contributed by atoms with Gasteiger partial charge in [0.05, 0.1) is 17.1 Å². The van der Waals surface area contributed by atoms with Crippen LogP contribution >= 0.6 is 0 Å². The van der Waals surface area contributed by atoms with Crippen LogP contribution in [0.15, 0.2) is 55.1 Å². The van der Waals surface area contributed by atoms with Crippen molar-refractivity contribution >= 4 is 28.5 Å². The van der Waals surface area contributed by atoms with Crippen LogP contribution in [0.5, 0.6) is 0 Å². The number of H-pyrrole nitrogens is 1. The number of nitrogens with zero attached hydrogens (tertiary/aromatic N) is 2. The van der Waals surface area contributed by atoms with Crippen LogP contribution in [0.25, 0.3) is 16.7 Å². The zero-order valence-electron chi connectivity index (χ0n) is 16.6. The lowest BCUT2D eigenvalue weighted by molar-refractivity contribution is -0.122. The quantitative estimate of drug-likeness (QED) is 0.672. The van der Waals surface area contributed by atoms with Gasteiger partial charge in [-0.3, -0.25) is 14.5 Å². The lowest BCUT2D eigenvalue weighted by Gasteiger charge is -2.24. The van der Waals surface area contributed by atoms with Crippen molar-refractivity contribution in [1.82, 2.24) is 20.2 Å². The summed E-state index contributed by atoms with van der Waals surface area (Å²) in [5.41, 5.74) is 3.72. The molecule has 0 fully saturated rings. The Kier molecular flexibility index (Phi) is 4.92. The maximum absolute atomic E-state index is 12.9. The molecule has 0 aliphatic carbocycles. The molecule has 6 nitrogen and oxygen atoms in total. The molecule has 6 heteroatoms. The molecular formula is C23H24N4O2. The van der Waals surface area contributed by atoms with Gasteiger partial charge in [-0.15, -0.1) is 0 Å². The second-order valence-electron chi connectivity index (χ2n) is 7.45. The average Bonchev–Trinajstić information content (AvgIpc) is 3.27. The van der Waals surface area contributed by atoms with Gasteiger partial charge >= 0.3 is 0 Å². The number of carbonyl (C=O) groups excluding carboxylic acids is 2. The van der Waals surface area contributed by atoms with E-state index in [0.29, 0.717) is 11.3 Å². The number of para-hydroxylation sites is 2. The van der Waals surface area contributed by atoms with E-state index in [2.05, 4.69) is 35.7 Å². The van der Waals surface area contributed by atoms with E-state index in [9.17, 15) is 9.59 Å². The number of nitrogens with one attached hydrogen (secondary N) is 2. The molecule has 2 atom stereocenters. The number of rotatable bonds is 6. The minimum atomic E-state index is -0.270. The van der Waals surface area contributed by atoms with Crippen molar-refractivity contribution in [2.45, 2.75) is 26.3 Å². The summed E-state index contributed by atoms with van der Waals surface area (Å²) in [6, 6.07) is 14.8. The Hall–Kier alpha value is -3.41. The van der Waals surface area contributed by atoms with Crippen LogP contribution in [0.4, 0.5) is 0 Å². The third kappa shape index (κ3) is 3.42. The van der Waals surface area contributed by atoms with Crippen molar-refractivity contribution in [3.05, 3.63) is 72.1 Å². The highest BCUT2D eigenvalue weighted by Crippen LogP contribution is 2.31. The fourth-order valence-electron chi connectivity index (χ4n) is 3.70. The van der Waals surface area contributed by atoms with Gasteiger partial charge in [0.15, 0.2) is 0 Å². The maximum Gasteiger partial charge on any atom is 0.259 e. The third-order valence-corrected chi connectivity index (χ3v) is 5.57. The summed E-state index contributed by atoms with van der Waals surface area (Å²) in [7, 11) is 0. The van der Waals surface area contributed by atoms with E-state index in [1.165, 1.54) is 4.90 Å². The molecule has 0 radical (unpaired) electrons. The summed E-state index contributed by atoms with van der Waals surface area (Å²) in [5, 5.41) is 3.07. The minimum Gasteiger partial charge on any atom is -0.344 e. The molecule has 1 aliphatic heterocycles. The Morgan fingerprint density at radius 1 is 1.17 bits per heavy atom. The largest absolute Gasteiger partial charge is 0.344 e. The summed E-state index contributed by atoms with van der Waals surface area (Å²) in [4.78, 5) is 35.0. The van der Waals surface area contributed by atoms with Crippen LogP contribution in [0.3, 0.4) is 0 Å². The third-order valence-electron chi connectivity index (χ3n) is 5.57. The van der Waals surface area contributed by atoms with Crippen LogP contribution in [-0.4, -0.2) is 33.2 Å². The van der Waals surface area contributed by atoms with Crippen LogP contribution in [-0.2, 0) is 4.79 Å². The first kappa shape index (κ1) is 18.9. The highest BCUT2D eigenvalue weighted by atomic mass is 16.2. The molecular weight excluding hydrogens is 364 g/mol. The second-order valence-corrected chi connectivity index (χ2v) is 7.45. The van der Waals surface area contributed by atoms with Gasteiger partial charge in [-0.05, 0) is 24.1 Å². The van der Waals surface area contributed by atoms with Gasteiger partial charge in [0.25, 0.3) is 5.91 Å². The molecule has 2 N–H and O–H groups in total. The van der Waals surface area contributed by atoms with E-state index in [-0.39, 0.29) is 30.3 Å². The van der Waals surface area contributed by atoms with Crippen LogP contribution in [0, 0.1) is 5.92 Å². The first-order valence-corrected chi connectivity index (χ1v) is 9.83. The molecule has 29 heavy (non-hydrogen) atoms. The van der Waals surface area contributed by atoms with Gasteiger partial charge in [-0.2, -0.15) is 0 Å². The molecule has 0 bridgehead atoms.